The number of nitrogens with zero attached hydrogens (tertiary/aromatic N) is 6. The molecule has 4 aromatic rings. The van der Waals surface area contributed by atoms with Gasteiger partial charge in [-0.15, -0.1) is 0 Å². The molecule has 0 aliphatic carbocycles. The first-order valence-electron chi connectivity index (χ1n) is 12.8. The van der Waals surface area contributed by atoms with E-state index in [9.17, 15) is 4.79 Å². The number of fused-ring (bicyclic) bond motifs is 3. The van der Waals surface area contributed by atoms with Gasteiger partial charge in [0, 0.05) is 68.8 Å². The van der Waals surface area contributed by atoms with Crippen LogP contribution in [0.25, 0.3) is 11.3 Å². The highest BCUT2D eigenvalue weighted by molar-refractivity contribution is 6.32. The molecule has 4 heterocycles. The molecule has 202 valence electrons. The molecule has 0 amide bonds. The number of anilines is 3. The molecule has 1 aliphatic heterocycles. The van der Waals surface area contributed by atoms with E-state index in [4.69, 9.17) is 21.1 Å². The average molecular weight is 547 g/mol. The van der Waals surface area contributed by atoms with Crippen LogP contribution in [-0.4, -0.2) is 44.8 Å². The monoisotopic (exact) mass is 546 g/mol. The van der Waals surface area contributed by atoms with E-state index < -0.39 is 0 Å². The summed E-state index contributed by atoms with van der Waals surface area (Å²) in [6, 6.07) is 9.04. The minimum Gasteiger partial charge on any atom is -0.492 e. The number of rotatable bonds is 8. The van der Waals surface area contributed by atoms with Crippen molar-refractivity contribution in [1.82, 2.24) is 24.5 Å². The Hall–Kier alpha value is -3.82. The molecule has 3 aromatic heterocycles. The Labute approximate surface area is 232 Å². The second-order valence-electron chi connectivity index (χ2n) is 10.5. The number of ether oxygens (including phenoxy) is 2. The third-order valence-electron chi connectivity index (χ3n) is 6.74. The third-order valence-corrected chi connectivity index (χ3v) is 7.03. The van der Waals surface area contributed by atoms with Gasteiger partial charge in [0.15, 0.2) is 0 Å². The molecule has 1 aromatic carbocycles. The number of methoxy groups -OCH3 is 1. The van der Waals surface area contributed by atoms with Gasteiger partial charge >= 0.3 is 0 Å². The van der Waals surface area contributed by atoms with E-state index in [2.05, 4.69) is 45.3 Å². The van der Waals surface area contributed by atoms with Crippen LogP contribution in [0, 0.1) is 5.41 Å². The molecule has 1 atom stereocenters. The number of benzene rings is 1. The zero-order valence-electron chi connectivity index (χ0n) is 22.5. The molecule has 10 heteroatoms. The van der Waals surface area contributed by atoms with Crippen LogP contribution < -0.4 is 15.1 Å². The van der Waals surface area contributed by atoms with Gasteiger partial charge in [0.05, 0.1) is 17.3 Å². The SMILES string of the molecule is COCCCOc1cc2c(cc1Cl)-c1cc(=O)c(N(c3ncccn3)c3ncccn3)cn1C(C(C)(C)C)C2. The molecule has 0 fully saturated rings. The Balaban J connectivity index is 1.65. The maximum Gasteiger partial charge on any atom is 0.237 e. The van der Waals surface area contributed by atoms with Crippen molar-refractivity contribution >= 4 is 29.2 Å². The standard InChI is InChI=1S/C29H31ClN6O3/c1-29(2,3)26-15-19-14-25(39-13-7-12-38-4)21(30)16-20(19)22-17-24(37)23(18-35(22)26)36(27-31-8-5-9-32-27)28-33-10-6-11-34-28/h5-6,8-11,14,16-18,26H,7,12-13,15H2,1-4H3. The highest BCUT2D eigenvalue weighted by Gasteiger charge is 2.34. The summed E-state index contributed by atoms with van der Waals surface area (Å²) in [6.07, 6.45) is 9.87. The van der Waals surface area contributed by atoms with Gasteiger partial charge in [0.1, 0.15) is 11.4 Å². The van der Waals surface area contributed by atoms with Crippen molar-refractivity contribution in [2.45, 2.75) is 39.7 Å². The van der Waals surface area contributed by atoms with E-state index in [0.29, 0.717) is 41.6 Å². The van der Waals surface area contributed by atoms with Gasteiger partial charge in [-0.3, -0.25) is 4.79 Å². The van der Waals surface area contributed by atoms with E-state index in [1.54, 1.807) is 55.0 Å². The number of hydrogen-bond acceptors (Lipinski definition) is 8. The van der Waals surface area contributed by atoms with Crippen LogP contribution in [-0.2, 0) is 11.2 Å². The van der Waals surface area contributed by atoms with Crippen molar-refractivity contribution in [1.29, 1.82) is 0 Å². The number of hydrogen-bond donors (Lipinski definition) is 0. The maximum atomic E-state index is 13.8. The van der Waals surface area contributed by atoms with Crippen LogP contribution in [0.1, 0.15) is 38.8 Å². The summed E-state index contributed by atoms with van der Waals surface area (Å²) < 4.78 is 13.3. The fourth-order valence-corrected chi connectivity index (χ4v) is 5.05. The van der Waals surface area contributed by atoms with Crippen LogP contribution in [0.4, 0.5) is 17.6 Å². The first-order chi connectivity index (χ1) is 18.8. The zero-order valence-corrected chi connectivity index (χ0v) is 23.2. The molecule has 0 saturated carbocycles. The van der Waals surface area contributed by atoms with Crippen molar-refractivity contribution in [2.75, 3.05) is 25.2 Å². The van der Waals surface area contributed by atoms with Gasteiger partial charge in [0.2, 0.25) is 17.3 Å². The molecule has 1 aliphatic rings. The normalized spacial score (nSPS) is 14.4. The second kappa shape index (κ2) is 11.1. The van der Waals surface area contributed by atoms with Crippen molar-refractivity contribution in [3.63, 3.8) is 0 Å². The first kappa shape index (κ1) is 26.8. The van der Waals surface area contributed by atoms with E-state index in [1.165, 1.54) is 0 Å². The summed E-state index contributed by atoms with van der Waals surface area (Å²) in [5.74, 6) is 1.26. The van der Waals surface area contributed by atoms with Crippen LogP contribution in [0.15, 0.2) is 66.1 Å². The Morgan fingerprint density at radius 1 is 1.00 bits per heavy atom. The molecule has 0 spiro atoms. The van der Waals surface area contributed by atoms with Crippen LogP contribution in [0.2, 0.25) is 5.02 Å². The summed E-state index contributed by atoms with van der Waals surface area (Å²) in [4.78, 5) is 32.9. The lowest BCUT2D eigenvalue weighted by molar-refractivity contribution is 0.172. The minimum atomic E-state index is -0.210. The average Bonchev–Trinajstić information content (AvgIpc) is 2.92. The van der Waals surface area contributed by atoms with Crippen molar-refractivity contribution < 1.29 is 9.47 Å². The van der Waals surface area contributed by atoms with Crippen LogP contribution in [0.5, 0.6) is 5.75 Å². The second-order valence-corrected chi connectivity index (χ2v) is 10.9. The lowest BCUT2D eigenvalue weighted by Gasteiger charge is -2.39. The van der Waals surface area contributed by atoms with E-state index in [0.717, 1.165) is 29.7 Å². The van der Waals surface area contributed by atoms with Gasteiger partial charge in [0.25, 0.3) is 0 Å². The fourth-order valence-electron chi connectivity index (χ4n) is 4.83. The van der Waals surface area contributed by atoms with E-state index in [1.807, 2.05) is 18.3 Å². The third kappa shape index (κ3) is 5.51. The predicted molar refractivity (Wildman–Crippen MR) is 151 cm³/mol. The van der Waals surface area contributed by atoms with E-state index >= 15 is 0 Å². The molecule has 1 unspecified atom stereocenters. The molecule has 9 nitrogen and oxygen atoms in total. The predicted octanol–water partition coefficient (Wildman–Crippen LogP) is 5.78. The van der Waals surface area contributed by atoms with E-state index in [-0.39, 0.29) is 16.9 Å². The largest absolute Gasteiger partial charge is 0.492 e. The topological polar surface area (TPSA) is 95.3 Å². The molecule has 0 saturated heterocycles. The molecular formula is C29H31ClN6O3. The van der Waals surface area contributed by atoms with Gasteiger partial charge in [-0.2, -0.15) is 0 Å². The zero-order chi connectivity index (χ0) is 27.6. The first-order valence-corrected chi connectivity index (χ1v) is 13.2. The Morgan fingerprint density at radius 3 is 2.23 bits per heavy atom. The summed E-state index contributed by atoms with van der Waals surface area (Å²) in [5, 5.41) is 0.500. The van der Waals surface area contributed by atoms with Gasteiger partial charge in [-0.1, -0.05) is 32.4 Å². The highest BCUT2D eigenvalue weighted by atomic mass is 35.5. The molecule has 0 N–H and O–H groups in total. The van der Waals surface area contributed by atoms with Gasteiger partial charge in [-0.25, -0.2) is 24.8 Å². The number of aromatic nitrogens is 5. The fraction of sp³-hybridized carbons (Fsp3) is 0.345. The van der Waals surface area contributed by atoms with Crippen molar-refractivity contribution in [2.24, 2.45) is 5.41 Å². The minimum absolute atomic E-state index is 0.0390. The Kier molecular flexibility index (Phi) is 7.63. The summed E-state index contributed by atoms with van der Waals surface area (Å²) in [6.45, 7) is 7.71. The smallest absolute Gasteiger partial charge is 0.237 e. The highest BCUT2D eigenvalue weighted by Crippen LogP contribution is 2.45. The molecule has 0 bridgehead atoms. The maximum absolute atomic E-state index is 13.8. The number of halogens is 1. The van der Waals surface area contributed by atoms with Crippen molar-refractivity contribution in [3.8, 4) is 17.0 Å². The number of pyridine rings is 1. The summed E-state index contributed by atoms with van der Waals surface area (Å²) in [7, 11) is 1.67. The summed E-state index contributed by atoms with van der Waals surface area (Å²) in [5.41, 5.74) is 2.81. The molecule has 0 radical (unpaired) electrons. The Bertz CT molecular complexity index is 1470. The van der Waals surface area contributed by atoms with Crippen molar-refractivity contribution in [3.05, 3.63) is 82.1 Å². The van der Waals surface area contributed by atoms with Crippen LogP contribution in [0.3, 0.4) is 0 Å². The van der Waals surface area contributed by atoms with Crippen LogP contribution >= 0.6 is 11.6 Å². The molecule has 5 rings (SSSR count). The molecule has 39 heavy (non-hydrogen) atoms. The summed E-state index contributed by atoms with van der Waals surface area (Å²) >= 11 is 6.66. The molecular weight excluding hydrogens is 516 g/mol. The quantitative estimate of drug-likeness (QED) is 0.257. The Morgan fingerprint density at radius 2 is 1.64 bits per heavy atom. The van der Waals surface area contributed by atoms with Gasteiger partial charge in [-0.05, 0) is 41.7 Å². The van der Waals surface area contributed by atoms with Gasteiger partial charge < -0.3 is 14.0 Å². The lowest BCUT2D eigenvalue weighted by atomic mass is 9.79. The lowest BCUT2D eigenvalue weighted by Crippen LogP contribution is -2.33.